The predicted molar refractivity (Wildman–Crippen MR) is 106 cm³/mol. The number of aliphatic imine (C=N–C) groups is 1. The van der Waals surface area contributed by atoms with E-state index in [1.165, 1.54) is 18.0 Å². The number of ether oxygens (including phenoxy) is 1. The minimum atomic E-state index is -0.398. The molecular weight excluding hydrogens is 326 g/mol. The third-order valence-corrected chi connectivity index (χ3v) is 4.57. The molecule has 0 bridgehead atoms. The van der Waals surface area contributed by atoms with Crippen molar-refractivity contribution in [3.05, 3.63) is 59.3 Å². The van der Waals surface area contributed by atoms with E-state index in [1.54, 1.807) is 12.1 Å². The molecule has 26 heavy (non-hydrogen) atoms. The van der Waals surface area contributed by atoms with Gasteiger partial charge in [-0.05, 0) is 50.6 Å². The molecule has 0 unspecified atom stereocenters. The van der Waals surface area contributed by atoms with E-state index in [9.17, 15) is 4.79 Å². The Labute approximate surface area is 153 Å². The highest BCUT2D eigenvalue weighted by molar-refractivity contribution is 6.04. The van der Waals surface area contributed by atoms with Crippen molar-refractivity contribution in [2.75, 3.05) is 12.8 Å². The van der Waals surface area contributed by atoms with Crippen LogP contribution in [-0.4, -0.2) is 23.4 Å². The van der Waals surface area contributed by atoms with E-state index < -0.39 is 5.97 Å². The van der Waals surface area contributed by atoms with Crippen LogP contribution in [0.4, 0.5) is 11.4 Å². The first-order valence-electron chi connectivity index (χ1n) is 8.58. The van der Waals surface area contributed by atoms with E-state index in [0.29, 0.717) is 16.9 Å². The van der Waals surface area contributed by atoms with Crippen LogP contribution in [0.3, 0.4) is 0 Å². The van der Waals surface area contributed by atoms with E-state index in [-0.39, 0.29) is 0 Å². The molecule has 0 atom stereocenters. The van der Waals surface area contributed by atoms with Crippen molar-refractivity contribution in [1.29, 1.82) is 0 Å². The molecule has 0 fully saturated rings. The van der Waals surface area contributed by atoms with Crippen LogP contribution >= 0.6 is 0 Å². The number of aryl methyl sites for hydroxylation is 2. The number of nitrogen functional groups attached to an aromatic ring is 1. The van der Waals surface area contributed by atoms with E-state index >= 15 is 0 Å². The SMILES string of the molecule is CCn1c(C(C)=Nc2cc(C(=O)OC)cc(C)c2N)cc2ccccc21. The summed E-state index contributed by atoms with van der Waals surface area (Å²) < 4.78 is 7.04. The van der Waals surface area contributed by atoms with Crippen LogP contribution in [0.5, 0.6) is 0 Å². The molecule has 0 radical (unpaired) electrons. The third-order valence-electron chi connectivity index (χ3n) is 4.57. The van der Waals surface area contributed by atoms with Gasteiger partial charge in [-0.25, -0.2) is 9.79 Å². The number of carbonyl (C=O) groups is 1. The highest BCUT2D eigenvalue weighted by Crippen LogP contribution is 2.29. The number of fused-ring (bicyclic) bond motifs is 1. The van der Waals surface area contributed by atoms with Crippen molar-refractivity contribution in [1.82, 2.24) is 4.57 Å². The van der Waals surface area contributed by atoms with E-state index in [4.69, 9.17) is 15.5 Å². The minimum Gasteiger partial charge on any atom is -0.465 e. The zero-order valence-electron chi connectivity index (χ0n) is 15.5. The van der Waals surface area contributed by atoms with Gasteiger partial charge in [-0.15, -0.1) is 0 Å². The number of methoxy groups -OCH3 is 1. The lowest BCUT2D eigenvalue weighted by Crippen LogP contribution is -2.06. The second-order valence-corrected chi connectivity index (χ2v) is 6.25. The zero-order chi connectivity index (χ0) is 18.8. The molecule has 0 spiro atoms. The molecule has 5 nitrogen and oxygen atoms in total. The number of nitrogens with zero attached hydrogens (tertiary/aromatic N) is 2. The Morgan fingerprint density at radius 1 is 1.23 bits per heavy atom. The number of rotatable bonds is 4. The lowest BCUT2D eigenvalue weighted by Gasteiger charge is -2.11. The largest absolute Gasteiger partial charge is 0.465 e. The van der Waals surface area contributed by atoms with Crippen LogP contribution in [0.25, 0.3) is 10.9 Å². The van der Waals surface area contributed by atoms with Crippen molar-refractivity contribution in [3.8, 4) is 0 Å². The molecule has 5 heteroatoms. The number of nitrogens with two attached hydrogens (primary N) is 1. The van der Waals surface area contributed by atoms with Crippen molar-refractivity contribution in [2.24, 2.45) is 4.99 Å². The second-order valence-electron chi connectivity index (χ2n) is 6.25. The predicted octanol–water partition coefficient (Wildman–Crippen LogP) is 4.48. The average Bonchev–Trinajstić information content (AvgIpc) is 3.03. The Balaban J connectivity index is 2.14. The van der Waals surface area contributed by atoms with Gasteiger partial charge in [0.1, 0.15) is 0 Å². The summed E-state index contributed by atoms with van der Waals surface area (Å²) in [5.41, 5.74) is 11.6. The Morgan fingerprint density at radius 3 is 2.65 bits per heavy atom. The van der Waals surface area contributed by atoms with Crippen LogP contribution < -0.4 is 5.73 Å². The monoisotopic (exact) mass is 349 g/mol. The van der Waals surface area contributed by atoms with Crippen molar-refractivity contribution >= 4 is 34.0 Å². The van der Waals surface area contributed by atoms with Gasteiger partial charge in [-0.1, -0.05) is 18.2 Å². The van der Waals surface area contributed by atoms with Crippen molar-refractivity contribution in [2.45, 2.75) is 27.3 Å². The van der Waals surface area contributed by atoms with Crippen LogP contribution in [-0.2, 0) is 11.3 Å². The smallest absolute Gasteiger partial charge is 0.337 e. The molecule has 0 saturated carbocycles. The number of esters is 1. The normalized spacial score (nSPS) is 11.8. The number of aromatic nitrogens is 1. The molecule has 0 saturated heterocycles. The number of hydrogen-bond donors (Lipinski definition) is 1. The molecule has 0 aliphatic rings. The van der Waals surface area contributed by atoms with Gasteiger partial charge in [0.15, 0.2) is 0 Å². The van der Waals surface area contributed by atoms with Gasteiger partial charge >= 0.3 is 5.97 Å². The fourth-order valence-corrected chi connectivity index (χ4v) is 3.20. The minimum absolute atomic E-state index is 0.398. The summed E-state index contributed by atoms with van der Waals surface area (Å²) in [5, 5.41) is 1.17. The Bertz CT molecular complexity index is 1020. The van der Waals surface area contributed by atoms with Crippen LogP contribution in [0, 0.1) is 6.92 Å². The zero-order valence-corrected chi connectivity index (χ0v) is 15.5. The van der Waals surface area contributed by atoms with Gasteiger partial charge in [-0.2, -0.15) is 0 Å². The lowest BCUT2D eigenvalue weighted by molar-refractivity contribution is 0.0600. The number of anilines is 1. The molecule has 0 aliphatic carbocycles. The quantitative estimate of drug-likeness (QED) is 0.429. The van der Waals surface area contributed by atoms with E-state index in [0.717, 1.165) is 23.5 Å². The number of carbonyl (C=O) groups excluding carboxylic acids is 1. The van der Waals surface area contributed by atoms with Gasteiger partial charge in [-0.3, -0.25) is 0 Å². The highest BCUT2D eigenvalue weighted by atomic mass is 16.5. The second kappa shape index (κ2) is 7.04. The average molecular weight is 349 g/mol. The topological polar surface area (TPSA) is 69.6 Å². The Morgan fingerprint density at radius 2 is 1.96 bits per heavy atom. The molecule has 0 amide bonds. The standard InChI is InChI=1S/C21H23N3O2/c1-5-24-18-9-7-6-8-15(18)12-19(24)14(3)23-17-11-16(21(25)26-4)10-13(2)20(17)22/h6-12H,5,22H2,1-4H3. The van der Waals surface area contributed by atoms with Crippen molar-refractivity contribution < 1.29 is 9.53 Å². The Hall–Kier alpha value is -3.08. The molecule has 1 aromatic heterocycles. The summed E-state index contributed by atoms with van der Waals surface area (Å²) in [7, 11) is 1.36. The first-order valence-corrected chi connectivity index (χ1v) is 8.58. The van der Waals surface area contributed by atoms with Crippen LogP contribution in [0.1, 0.15) is 35.5 Å². The maximum Gasteiger partial charge on any atom is 0.337 e. The molecule has 1 heterocycles. The maximum atomic E-state index is 11.9. The van der Waals surface area contributed by atoms with Gasteiger partial charge in [0, 0.05) is 17.4 Å². The van der Waals surface area contributed by atoms with Gasteiger partial charge in [0.2, 0.25) is 0 Å². The summed E-state index contributed by atoms with van der Waals surface area (Å²) in [6.45, 7) is 6.77. The molecule has 3 aromatic rings. The number of hydrogen-bond acceptors (Lipinski definition) is 4. The van der Waals surface area contributed by atoms with Crippen molar-refractivity contribution in [3.63, 3.8) is 0 Å². The molecule has 2 N–H and O–H groups in total. The molecule has 0 aliphatic heterocycles. The lowest BCUT2D eigenvalue weighted by atomic mass is 10.1. The molecule has 134 valence electrons. The van der Waals surface area contributed by atoms with Crippen LogP contribution in [0.2, 0.25) is 0 Å². The van der Waals surface area contributed by atoms with E-state index in [2.05, 4.69) is 29.7 Å². The van der Waals surface area contributed by atoms with Gasteiger partial charge in [0.25, 0.3) is 0 Å². The first-order chi connectivity index (χ1) is 12.5. The molecular formula is C21H23N3O2. The fourth-order valence-electron chi connectivity index (χ4n) is 3.20. The summed E-state index contributed by atoms with van der Waals surface area (Å²) >= 11 is 0. The number of para-hydroxylation sites is 1. The molecule has 2 aromatic carbocycles. The third kappa shape index (κ3) is 3.08. The van der Waals surface area contributed by atoms with E-state index in [1.807, 2.05) is 26.0 Å². The summed E-state index contributed by atoms with van der Waals surface area (Å²) in [4.78, 5) is 16.6. The maximum absolute atomic E-state index is 11.9. The first kappa shape index (κ1) is 17.7. The van der Waals surface area contributed by atoms with Gasteiger partial charge < -0.3 is 15.0 Å². The summed E-state index contributed by atoms with van der Waals surface area (Å²) in [5.74, 6) is -0.398. The van der Waals surface area contributed by atoms with Gasteiger partial charge in [0.05, 0.1) is 35.5 Å². The van der Waals surface area contributed by atoms with Crippen LogP contribution in [0.15, 0.2) is 47.5 Å². The Kier molecular flexibility index (Phi) is 4.80. The highest BCUT2D eigenvalue weighted by Gasteiger charge is 2.14. The summed E-state index contributed by atoms with van der Waals surface area (Å²) in [6, 6.07) is 13.8. The number of benzene rings is 2. The fraction of sp³-hybridized carbons (Fsp3) is 0.238. The summed E-state index contributed by atoms with van der Waals surface area (Å²) in [6.07, 6.45) is 0. The molecule has 3 rings (SSSR count).